The van der Waals surface area contributed by atoms with E-state index < -0.39 is 24.4 Å². The van der Waals surface area contributed by atoms with E-state index in [1.165, 1.54) is 6.33 Å². The maximum absolute atomic E-state index is 12.3. The molecule has 0 amide bonds. The van der Waals surface area contributed by atoms with Crippen LogP contribution in [0.5, 0.6) is 0 Å². The zero-order valence-electron chi connectivity index (χ0n) is 14.1. The molecule has 8 heteroatoms. The number of fused-ring (bicyclic) bond motifs is 1. The molecule has 3 aromatic rings. The van der Waals surface area contributed by atoms with Gasteiger partial charge in [-0.25, -0.2) is 19.7 Å². The lowest BCUT2D eigenvalue weighted by Crippen LogP contribution is -2.30. The molecule has 1 N–H and O–H groups in total. The van der Waals surface area contributed by atoms with Crippen molar-refractivity contribution in [2.75, 3.05) is 6.61 Å². The summed E-state index contributed by atoms with van der Waals surface area (Å²) in [5.74, 6) is -0.438. The minimum absolute atomic E-state index is 0.246. The van der Waals surface area contributed by atoms with Gasteiger partial charge < -0.3 is 14.6 Å². The Hall–Kier alpha value is -2.84. The molecule has 0 bridgehead atoms. The Labute approximate surface area is 149 Å². The Bertz CT molecular complexity index is 927. The van der Waals surface area contributed by atoms with Gasteiger partial charge in [0, 0.05) is 6.42 Å². The number of hydrogen-bond donors (Lipinski definition) is 1. The molecule has 134 valence electrons. The van der Waals surface area contributed by atoms with Gasteiger partial charge in [0.2, 0.25) is 0 Å². The lowest BCUT2D eigenvalue weighted by atomic mass is 10.1. The second-order valence-electron chi connectivity index (χ2n) is 6.14. The molecule has 1 saturated heterocycles. The highest BCUT2D eigenvalue weighted by Crippen LogP contribution is 2.33. The fourth-order valence-corrected chi connectivity index (χ4v) is 3.12. The summed E-state index contributed by atoms with van der Waals surface area (Å²) in [6.07, 6.45) is 1.91. The highest BCUT2D eigenvalue weighted by molar-refractivity contribution is 5.89. The highest BCUT2D eigenvalue weighted by atomic mass is 16.6. The number of esters is 1. The Morgan fingerprint density at radius 2 is 2.12 bits per heavy atom. The summed E-state index contributed by atoms with van der Waals surface area (Å²) >= 11 is 0. The first-order chi connectivity index (χ1) is 12.7. The molecule has 8 nitrogen and oxygen atoms in total. The van der Waals surface area contributed by atoms with Crippen molar-refractivity contribution in [1.82, 2.24) is 19.5 Å². The number of carbonyl (C=O) groups excluding carboxylic acids is 1. The molecule has 1 fully saturated rings. The average molecular weight is 354 g/mol. The van der Waals surface area contributed by atoms with Crippen LogP contribution in [0.2, 0.25) is 0 Å². The van der Waals surface area contributed by atoms with E-state index in [-0.39, 0.29) is 6.61 Å². The van der Waals surface area contributed by atoms with Crippen LogP contribution in [0.25, 0.3) is 11.2 Å². The summed E-state index contributed by atoms with van der Waals surface area (Å²) in [4.78, 5) is 25.0. The maximum atomic E-state index is 12.3. The lowest BCUT2D eigenvalue weighted by Gasteiger charge is -2.16. The van der Waals surface area contributed by atoms with Crippen molar-refractivity contribution in [3.8, 4) is 0 Å². The summed E-state index contributed by atoms with van der Waals surface area (Å²) in [6.45, 7) is 1.61. The zero-order chi connectivity index (χ0) is 18.1. The van der Waals surface area contributed by atoms with Gasteiger partial charge in [0.15, 0.2) is 5.65 Å². The molecule has 3 atom stereocenters. The van der Waals surface area contributed by atoms with Crippen molar-refractivity contribution in [3.05, 3.63) is 54.2 Å². The van der Waals surface area contributed by atoms with Gasteiger partial charge in [-0.1, -0.05) is 18.2 Å². The Morgan fingerprint density at radius 1 is 1.31 bits per heavy atom. The first kappa shape index (κ1) is 16.6. The average Bonchev–Trinajstić information content (AvgIpc) is 3.27. The van der Waals surface area contributed by atoms with Gasteiger partial charge >= 0.3 is 5.97 Å². The van der Waals surface area contributed by atoms with Crippen LogP contribution in [0, 0.1) is 6.92 Å². The summed E-state index contributed by atoms with van der Waals surface area (Å²) in [5, 5.41) is 9.63. The van der Waals surface area contributed by atoms with Crippen LogP contribution in [0.3, 0.4) is 0 Å². The van der Waals surface area contributed by atoms with Crippen molar-refractivity contribution < 1.29 is 19.4 Å². The molecule has 1 aliphatic rings. The number of hydrogen-bond acceptors (Lipinski definition) is 7. The second kappa shape index (κ2) is 6.81. The van der Waals surface area contributed by atoms with E-state index in [2.05, 4.69) is 15.0 Å². The van der Waals surface area contributed by atoms with E-state index in [0.717, 1.165) is 5.69 Å². The van der Waals surface area contributed by atoms with Gasteiger partial charge in [-0.05, 0) is 19.1 Å². The van der Waals surface area contributed by atoms with Crippen molar-refractivity contribution in [1.29, 1.82) is 0 Å². The Balaban J connectivity index is 1.55. The van der Waals surface area contributed by atoms with Gasteiger partial charge in [-0.2, -0.15) is 0 Å². The number of benzene rings is 1. The Morgan fingerprint density at radius 3 is 2.88 bits per heavy atom. The third-order valence-corrected chi connectivity index (χ3v) is 4.48. The van der Waals surface area contributed by atoms with Crippen molar-refractivity contribution in [2.24, 2.45) is 0 Å². The quantitative estimate of drug-likeness (QED) is 0.711. The normalized spacial score (nSPS) is 22.6. The third kappa shape index (κ3) is 2.93. The Kier molecular flexibility index (Phi) is 4.36. The van der Waals surface area contributed by atoms with Crippen LogP contribution in [0.1, 0.15) is 28.7 Å². The first-order valence-corrected chi connectivity index (χ1v) is 8.34. The van der Waals surface area contributed by atoms with Crippen LogP contribution >= 0.6 is 0 Å². The largest absolute Gasteiger partial charge is 0.456 e. The molecule has 0 radical (unpaired) electrons. The van der Waals surface area contributed by atoms with E-state index in [4.69, 9.17) is 9.47 Å². The van der Waals surface area contributed by atoms with Crippen LogP contribution < -0.4 is 0 Å². The van der Waals surface area contributed by atoms with Gasteiger partial charge in [-0.15, -0.1) is 0 Å². The van der Waals surface area contributed by atoms with Crippen LogP contribution in [0.4, 0.5) is 0 Å². The van der Waals surface area contributed by atoms with E-state index in [1.54, 1.807) is 35.2 Å². The predicted octanol–water partition coefficient (Wildman–Crippen LogP) is 1.64. The van der Waals surface area contributed by atoms with Gasteiger partial charge in [0.1, 0.15) is 30.3 Å². The number of carbonyl (C=O) groups is 1. The molecule has 1 aromatic carbocycles. The summed E-state index contributed by atoms with van der Waals surface area (Å²) in [6, 6.07) is 8.75. The number of aromatic nitrogens is 4. The monoisotopic (exact) mass is 354 g/mol. The minimum Gasteiger partial charge on any atom is -0.456 e. The van der Waals surface area contributed by atoms with Gasteiger partial charge in [0.25, 0.3) is 0 Å². The van der Waals surface area contributed by atoms with Crippen molar-refractivity contribution in [3.63, 3.8) is 0 Å². The number of aliphatic hydroxyl groups excluding tert-OH is 1. The van der Waals surface area contributed by atoms with Gasteiger partial charge in [0.05, 0.1) is 24.2 Å². The molecular weight excluding hydrogens is 336 g/mol. The smallest absolute Gasteiger partial charge is 0.338 e. The van der Waals surface area contributed by atoms with Crippen molar-refractivity contribution in [2.45, 2.75) is 31.8 Å². The number of ether oxygens (including phenoxy) is 2. The van der Waals surface area contributed by atoms with Crippen molar-refractivity contribution >= 4 is 17.1 Å². The van der Waals surface area contributed by atoms with E-state index in [9.17, 15) is 9.90 Å². The van der Waals surface area contributed by atoms with E-state index >= 15 is 0 Å². The first-order valence-electron chi connectivity index (χ1n) is 8.34. The van der Waals surface area contributed by atoms with Crippen LogP contribution in [-0.4, -0.2) is 49.4 Å². The molecule has 1 aliphatic heterocycles. The second-order valence-corrected chi connectivity index (χ2v) is 6.14. The standard InChI is InChI=1S/C18H18N4O4/c1-11-16-17(20-9-19-11)22(10-21-16)15-7-13(14(8-23)25-15)26-18(24)12-5-3-2-4-6-12/h2-6,9-10,13-15,23H,7-8H2,1H3/t13-,14-,15-/m1/s1. The molecule has 0 unspecified atom stereocenters. The number of aryl methyl sites for hydroxylation is 1. The van der Waals surface area contributed by atoms with Crippen LogP contribution in [-0.2, 0) is 9.47 Å². The van der Waals surface area contributed by atoms with Gasteiger partial charge in [-0.3, -0.25) is 4.57 Å². The molecule has 26 heavy (non-hydrogen) atoms. The predicted molar refractivity (Wildman–Crippen MR) is 91.3 cm³/mol. The molecular formula is C18H18N4O4. The minimum atomic E-state index is -0.604. The SMILES string of the molecule is Cc1ncnc2c1ncn2[C@H]1C[C@@H](OC(=O)c2ccccc2)[C@@H](CO)O1. The highest BCUT2D eigenvalue weighted by Gasteiger charge is 2.39. The number of imidazole rings is 1. The third-order valence-electron chi connectivity index (χ3n) is 4.48. The summed E-state index contributed by atoms with van der Waals surface area (Å²) in [5.41, 5.74) is 2.58. The molecule has 2 aromatic heterocycles. The lowest BCUT2D eigenvalue weighted by molar-refractivity contribution is -0.0500. The number of nitrogens with zero attached hydrogens (tertiary/aromatic N) is 4. The molecule has 3 heterocycles. The summed E-state index contributed by atoms with van der Waals surface area (Å²) in [7, 11) is 0. The fourth-order valence-electron chi connectivity index (χ4n) is 3.12. The molecule has 0 saturated carbocycles. The number of rotatable bonds is 4. The molecule has 0 spiro atoms. The molecule has 4 rings (SSSR count). The maximum Gasteiger partial charge on any atom is 0.338 e. The van der Waals surface area contributed by atoms with E-state index in [0.29, 0.717) is 23.1 Å². The van der Waals surface area contributed by atoms with Crippen LogP contribution in [0.15, 0.2) is 43.0 Å². The topological polar surface area (TPSA) is 99.4 Å². The zero-order valence-corrected chi connectivity index (χ0v) is 14.1. The summed E-state index contributed by atoms with van der Waals surface area (Å²) < 4.78 is 13.2. The molecule has 0 aliphatic carbocycles. The fraction of sp³-hybridized carbons (Fsp3) is 0.333. The number of aliphatic hydroxyl groups is 1. The van der Waals surface area contributed by atoms with E-state index in [1.807, 2.05) is 13.0 Å².